The first-order chi connectivity index (χ1) is 18.2. The lowest BCUT2D eigenvalue weighted by Gasteiger charge is -2.30. The second-order valence-electron chi connectivity index (χ2n) is 8.63. The first-order valence-corrected chi connectivity index (χ1v) is 11.8. The van der Waals surface area contributed by atoms with Crippen LogP contribution >= 0.6 is 0 Å². The van der Waals surface area contributed by atoms with Crippen molar-refractivity contribution in [2.24, 2.45) is 5.73 Å². The van der Waals surface area contributed by atoms with Crippen LogP contribution in [0.5, 0.6) is 17.2 Å². The highest BCUT2D eigenvalue weighted by atomic mass is 16.5. The molecule has 0 aliphatic carbocycles. The smallest absolute Gasteiger partial charge is 0.267 e. The van der Waals surface area contributed by atoms with Crippen LogP contribution < -0.4 is 20.1 Å². The van der Waals surface area contributed by atoms with Crippen LogP contribution in [0.3, 0.4) is 0 Å². The average molecular weight is 519 g/mol. The molecule has 0 atom stereocenters. The van der Waals surface area contributed by atoms with Crippen LogP contribution in [0.2, 0.25) is 0 Å². The van der Waals surface area contributed by atoms with Crippen molar-refractivity contribution in [3.05, 3.63) is 71.8 Å². The number of nitrogens with two attached hydrogens (primary N) is 1. The van der Waals surface area contributed by atoms with Crippen LogP contribution in [-0.2, 0) is 9.53 Å². The van der Waals surface area contributed by atoms with Crippen molar-refractivity contribution in [3.8, 4) is 29.1 Å². The van der Waals surface area contributed by atoms with Gasteiger partial charge in [-0.05, 0) is 43.3 Å². The predicted molar refractivity (Wildman–Crippen MR) is 141 cm³/mol. The summed E-state index contributed by atoms with van der Waals surface area (Å²) < 4.78 is 16.0. The van der Waals surface area contributed by atoms with E-state index in [1.807, 2.05) is 50.2 Å². The predicted octanol–water partition coefficient (Wildman–Crippen LogP) is 2.51. The molecular formula is C28H30N4O6. The van der Waals surface area contributed by atoms with Crippen molar-refractivity contribution in [2.75, 3.05) is 38.8 Å². The number of pyridine rings is 2. The van der Waals surface area contributed by atoms with Gasteiger partial charge in [0.25, 0.3) is 5.91 Å². The summed E-state index contributed by atoms with van der Waals surface area (Å²) in [5.41, 5.74) is 6.86. The van der Waals surface area contributed by atoms with E-state index in [9.17, 15) is 14.7 Å². The van der Waals surface area contributed by atoms with Crippen molar-refractivity contribution >= 4 is 17.9 Å². The van der Waals surface area contributed by atoms with Crippen LogP contribution in [0.25, 0.3) is 0 Å². The average Bonchev–Trinajstić information content (AvgIpc) is 2.89. The number of carbonyl (C=O) groups excluding carboxylic acids is 2. The highest BCUT2D eigenvalue weighted by Gasteiger charge is 2.33. The quantitative estimate of drug-likeness (QED) is 0.262. The normalized spacial score (nSPS) is 12.9. The number of aliphatic hydroxyl groups is 1. The third kappa shape index (κ3) is 8.30. The summed E-state index contributed by atoms with van der Waals surface area (Å²) >= 11 is 0. The Hall–Kier alpha value is -4.46. The molecule has 1 fully saturated rings. The van der Waals surface area contributed by atoms with Gasteiger partial charge in [0.15, 0.2) is 5.60 Å². The zero-order valence-corrected chi connectivity index (χ0v) is 21.5. The highest BCUT2D eigenvalue weighted by molar-refractivity contribution is 5.91. The van der Waals surface area contributed by atoms with Gasteiger partial charge < -0.3 is 34.7 Å². The fourth-order valence-electron chi connectivity index (χ4n) is 3.10. The molecule has 2 aromatic heterocycles. The van der Waals surface area contributed by atoms with Gasteiger partial charge in [-0.2, -0.15) is 0 Å². The van der Waals surface area contributed by atoms with E-state index in [0.29, 0.717) is 30.3 Å². The summed E-state index contributed by atoms with van der Waals surface area (Å²) in [6, 6.07) is 12.3. The molecule has 1 amide bonds. The number of primary amides is 1. The molecule has 0 bridgehead atoms. The summed E-state index contributed by atoms with van der Waals surface area (Å²) in [4.78, 5) is 31.1. The molecular weight excluding hydrogens is 488 g/mol. The molecule has 3 aromatic rings. The molecule has 10 heteroatoms. The maximum absolute atomic E-state index is 10.9. The fraction of sp³-hybridized carbons (Fsp3) is 0.286. The van der Waals surface area contributed by atoms with E-state index >= 15 is 0 Å². The van der Waals surface area contributed by atoms with E-state index in [2.05, 4.69) is 21.8 Å². The van der Waals surface area contributed by atoms with Gasteiger partial charge in [0.2, 0.25) is 0 Å². The number of hydrogen-bond acceptors (Lipinski definition) is 9. The van der Waals surface area contributed by atoms with Gasteiger partial charge in [-0.15, -0.1) is 0 Å². The van der Waals surface area contributed by atoms with Crippen molar-refractivity contribution in [2.45, 2.75) is 18.9 Å². The number of aromatic nitrogens is 2. The molecule has 1 aromatic carbocycles. The number of aryl methyl sites for hydroxylation is 1. The SMILES string of the molecule is CN(C)c1cc(C#CC2(O)COC2)ccc1OCCC=O.Cc1ccc(Oc2ccnc(C(N)=O)c2)cn1. The zero-order chi connectivity index (χ0) is 27.5. The van der Waals surface area contributed by atoms with Crippen LogP contribution in [0.1, 0.15) is 28.2 Å². The standard InChI is InChI=1S/C16H19NO4.C12H11N3O2/c1-17(2)14-10-13(6-7-16(19)11-20-12-16)4-5-15(14)21-9-3-8-18;1-8-2-3-10(7-15-8)17-9-4-5-14-11(6-9)12(13)16/h4-5,8,10,19H,3,9,11-12H2,1-2H3;2-7H,1H3,(H2,13,16). The molecule has 3 N–H and O–H groups in total. The first kappa shape index (κ1) is 28.1. The largest absolute Gasteiger partial charge is 0.491 e. The fourth-order valence-corrected chi connectivity index (χ4v) is 3.10. The summed E-state index contributed by atoms with van der Waals surface area (Å²) in [7, 11) is 3.82. The maximum Gasteiger partial charge on any atom is 0.267 e. The molecule has 1 saturated heterocycles. The molecule has 198 valence electrons. The molecule has 10 nitrogen and oxygen atoms in total. The summed E-state index contributed by atoms with van der Waals surface area (Å²) in [5.74, 6) is 7.00. The second-order valence-corrected chi connectivity index (χ2v) is 8.63. The number of nitrogens with zero attached hydrogens (tertiary/aromatic N) is 3. The second kappa shape index (κ2) is 13.2. The Morgan fingerprint density at radius 2 is 1.97 bits per heavy atom. The number of aldehydes is 1. The van der Waals surface area contributed by atoms with Crippen molar-refractivity contribution in [3.63, 3.8) is 0 Å². The molecule has 38 heavy (non-hydrogen) atoms. The zero-order valence-electron chi connectivity index (χ0n) is 21.5. The molecule has 1 aliphatic heterocycles. The minimum absolute atomic E-state index is 0.169. The Morgan fingerprint density at radius 1 is 1.18 bits per heavy atom. The van der Waals surface area contributed by atoms with E-state index in [1.54, 1.807) is 18.3 Å². The Balaban J connectivity index is 0.000000215. The Kier molecular flexibility index (Phi) is 9.76. The summed E-state index contributed by atoms with van der Waals surface area (Å²) in [5, 5.41) is 9.88. The van der Waals surface area contributed by atoms with E-state index in [4.69, 9.17) is 19.9 Å². The lowest BCUT2D eigenvalue weighted by Crippen LogP contribution is -2.48. The molecule has 0 radical (unpaired) electrons. The topological polar surface area (TPSA) is 137 Å². The number of carbonyl (C=O) groups is 2. The Morgan fingerprint density at radius 3 is 2.58 bits per heavy atom. The van der Waals surface area contributed by atoms with E-state index in [1.165, 1.54) is 12.3 Å². The summed E-state index contributed by atoms with van der Waals surface area (Å²) in [6.45, 7) is 2.76. The lowest BCUT2D eigenvalue weighted by molar-refractivity contribution is -0.140. The van der Waals surface area contributed by atoms with Gasteiger partial charge in [0.05, 0.1) is 31.7 Å². The highest BCUT2D eigenvalue weighted by Crippen LogP contribution is 2.28. The maximum atomic E-state index is 10.9. The van der Waals surface area contributed by atoms with Gasteiger partial charge in [0.1, 0.15) is 29.2 Å². The first-order valence-electron chi connectivity index (χ1n) is 11.8. The van der Waals surface area contributed by atoms with E-state index in [0.717, 1.165) is 23.2 Å². The van der Waals surface area contributed by atoms with Gasteiger partial charge in [-0.1, -0.05) is 11.8 Å². The number of anilines is 1. The van der Waals surface area contributed by atoms with Crippen LogP contribution in [0, 0.1) is 18.8 Å². The minimum Gasteiger partial charge on any atom is -0.491 e. The van der Waals surface area contributed by atoms with Crippen LogP contribution in [-0.4, -0.2) is 66.8 Å². The van der Waals surface area contributed by atoms with Crippen LogP contribution in [0.15, 0.2) is 54.9 Å². The van der Waals surface area contributed by atoms with E-state index < -0.39 is 11.5 Å². The third-order valence-corrected chi connectivity index (χ3v) is 5.16. The van der Waals surface area contributed by atoms with Gasteiger partial charge in [-0.3, -0.25) is 14.8 Å². The number of rotatable bonds is 8. The third-order valence-electron chi connectivity index (χ3n) is 5.16. The van der Waals surface area contributed by atoms with Gasteiger partial charge >= 0.3 is 0 Å². The van der Waals surface area contributed by atoms with Crippen molar-refractivity contribution in [1.29, 1.82) is 0 Å². The number of ether oxygens (including phenoxy) is 3. The number of hydrogen-bond donors (Lipinski definition) is 2. The van der Waals surface area contributed by atoms with Gasteiger partial charge in [0, 0.05) is 44.0 Å². The molecule has 0 saturated carbocycles. The number of amides is 1. The Bertz CT molecular complexity index is 1310. The molecule has 4 rings (SSSR count). The lowest BCUT2D eigenvalue weighted by atomic mass is 10.0. The number of benzene rings is 1. The van der Waals surface area contributed by atoms with Crippen LogP contribution in [0.4, 0.5) is 5.69 Å². The minimum atomic E-state index is -1.02. The van der Waals surface area contributed by atoms with Crippen molar-refractivity contribution in [1.82, 2.24) is 9.97 Å². The van der Waals surface area contributed by atoms with Gasteiger partial charge in [-0.25, -0.2) is 0 Å². The Labute approximate surface area is 221 Å². The molecule has 1 aliphatic rings. The molecule has 3 heterocycles. The monoisotopic (exact) mass is 518 g/mol. The van der Waals surface area contributed by atoms with Crippen molar-refractivity contribution < 1.29 is 28.9 Å². The van der Waals surface area contributed by atoms with E-state index in [-0.39, 0.29) is 18.9 Å². The summed E-state index contributed by atoms with van der Waals surface area (Å²) in [6.07, 6.45) is 4.27. The molecule has 0 unspecified atom stereocenters. The molecule has 0 spiro atoms.